The van der Waals surface area contributed by atoms with Gasteiger partial charge >= 0.3 is 16.4 Å². The highest BCUT2D eigenvalue weighted by molar-refractivity contribution is 7.80. The Labute approximate surface area is 150 Å². The van der Waals surface area contributed by atoms with Gasteiger partial charge in [0.2, 0.25) is 0 Å². The molecule has 0 saturated carbocycles. The van der Waals surface area contributed by atoms with E-state index in [-0.39, 0.29) is 0 Å². The molecule has 0 bridgehead atoms. The van der Waals surface area contributed by atoms with Gasteiger partial charge in [-0.1, -0.05) is 64.0 Å². The van der Waals surface area contributed by atoms with E-state index >= 15 is 0 Å². The van der Waals surface area contributed by atoms with Gasteiger partial charge in [0.25, 0.3) is 0 Å². The molecule has 0 aliphatic carbocycles. The fourth-order valence-corrected chi connectivity index (χ4v) is 2.72. The summed E-state index contributed by atoms with van der Waals surface area (Å²) in [7, 11) is -4.64. The Morgan fingerprint density at radius 2 is 1.52 bits per heavy atom. The van der Waals surface area contributed by atoms with Crippen LogP contribution in [0.2, 0.25) is 0 Å². The number of esters is 1. The third kappa shape index (κ3) is 11.7. The molecule has 0 fully saturated rings. The Morgan fingerprint density at radius 1 is 0.960 bits per heavy atom. The van der Waals surface area contributed by atoms with Crippen molar-refractivity contribution in [2.45, 2.75) is 64.7 Å². The van der Waals surface area contributed by atoms with Gasteiger partial charge in [0.1, 0.15) is 5.75 Å². The average Bonchev–Trinajstić information content (AvgIpc) is 2.56. The van der Waals surface area contributed by atoms with Crippen molar-refractivity contribution >= 4 is 16.4 Å². The van der Waals surface area contributed by atoms with Crippen molar-refractivity contribution in [1.29, 1.82) is 0 Å². The van der Waals surface area contributed by atoms with Gasteiger partial charge < -0.3 is 4.74 Å². The van der Waals surface area contributed by atoms with Crippen molar-refractivity contribution in [1.82, 2.24) is 0 Å². The lowest BCUT2D eigenvalue weighted by atomic mass is 10.0. The van der Waals surface area contributed by atoms with Crippen LogP contribution in [-0.2, 0) is 25.8 Å². The van der Waals surface area contributed by atoms with Crippen LogP contribution in [0.3, 0.4) is 0 Å². The molecule has 0 aliphatic heterocycles. The zero-order chi connectivity index (χ0) is 18.5. The van der Waals surface area contributed by atoms with Gasteiger partial charge in [-0.15, -0.1) is 0 Å². The van der Waals surface area contributed by atoms with Crippen molar-refractivity contribution in [3.05, 3.63) is 29.8 Å². The minimum absolute atomic E-state index is 0.309. The number of ether oxygens (including phenoxy) is 1. The summed E-state index contributed by atoms with van der Waals surface area (Å²) in [6.45, 7) is 1.36. The van der Waals surface area contributed by atoms with Crippen LogP contribution >= 0.6 is 0 Å². The fourth-order valence-electron chi connectivity index (χ4n) is 2.47. The predicted octanol–water partition coefficient (Wildman–Crippen LogP) is 4.09. The molecule has 25 heavy (non-hydrogen) atoms. The maximum absolute atomic E-state index is 11.4. The summed E-state index contributed by atoms with van der Waals surface area (Å²) in [6, 6.07) is 7.08. The van der Waals surface area contributed by atoms with Crippen LogP contribution in [0.5, 0.6) is 5.75 Å². The smallest absolute Gasteiger partial charge is 0.397 e. The van der Waals surface area contributed by atoms with E-state index in [1.54, 1.807) is 12.1 Å². The molecule has 1 N–H and O–H groups in total. The first-order chi connectivity index (χ1) is 11.9. The summed E-state index contributed by atoms with van der Waals surface area (Å²) >= 11 is 0. The second-order valence-electron chi connectivity index (χ2n) is 6.03. The van der Waals surface area contributed by atoms with E-state index in [1.165, 1.54) is 50.5 Å². The normalized spacial score (nSPS) is 11.4. The first-order valence-corrected chi connectivity index (χ1v) is 10.2. The van der Waals surface area contributed by atoms with E-state index in [0.29, 0.717) is 5.75 Å². The molecule has 0 aromatic heterocycles. The van der Waals surface area contributed by atoms with E-state index in [4.69, 9.17) is 9.29 Å². The number of benzene rings is 1. The van der Waals surface area contributed by atoms with Crippen LogP contribution in [0.1, 0.15) is 63.9 Å². The average molecular weight is 372 g/mol. The molecule has 0 atom stereocenters. The molecular formula is C18H28O6S. The third-order valence-corrected chi connectivity index (χ3v) is 4.22. The van der Waals surface area contributed by atoms with Gasteiger partial charge in [0.15, 0.2) is 6.61 Å². The van der Waals surface area contributed by atoms with Crippen LogP contribution in [-0.4, -0.2) is 25.5 Å². The molecule has 142 valence electrons. The molecule has 7 heteroatoms. The summed E-state index contributed by atoms with van der Waals surface area (Å²) in [5.74, 6) is -0.586. The fraction of sp³-hybridized carbons (Fsp3) is 0.611. The molecule has 0 unspecified atom stereocenters. The van der Waals surface area contributed by atoms with Gasteiger partial charge in [-0.2, -0.15) is 8.42 Å². The Hall–Kier alpha value is -1.44. The van der Waals surface area contributed by atoms with Crippen LogP contribution in [0, 0.1) is 0 Å². The molecule has 0 aliphatic rings. The van der Waals surface area contributed by atoms with Crippen molar-refractivity contribution in [2.75, 3.05) is 6.61 Å². The number of carbonyl (C=O) groups excluding carboxylic acids is 1. The number of unbranched alkanes of at least 4 members (excludes halogenated alkanes) is 7. The molecule has 6 nitrogen and oxygen atoms in total. The van der Waals surface area contributed by atoms with E-state index in [0.717, 1.165) is 12.8 Å². The molecule has 0 spiro atoms. The third-order valence-electron chi connectivity index (χ3n) is 3.80. The van der Waals surface area contributed by atoms with Crippen molar-refractivity contribution in [3.8, 4) is 5.75 Å². The number of rotatable bonds is 13. The molecule has 1 aromatic rings. The van der Waals surface area contributed by atoms with Crippen LogP contribution in [0.25, 0.3) is 0 Å². The van der Waals surface area contributed by atoms with Crippen molar-refractivity contribution in [2.24, 2.45) is 0 Å². The number of aryl methyl sites for hydroxylation is 1. The number of carbonyl (C=O) groups is 1. The zero-order valence-electron chi connectivity index (χ0n) is 14.8. The highest BCUT2D eigenvalue weighted by atomic mass is 32.3. The van der Waals surface area contributed by atoms with Gasteiger partial charge in [-0.05, 0) is 30.5 Å². The molecule has 0 saturated heterocycles. The highest BCUT2D eigenvalue weighted by Gasteiger charge is 2.11. The van der Waals surface area contributed by atoms with E-state index in [1.807, 2.05) is 12.1 Å². The summed E-state index contributed by atoms with van der Waals surface area (Å²) in [5, 5.41) is 0. The Kier molecular flexibility index (Phi) is 10.4. The minimum Gasteiger partial charge on any atom is -0.425 e. The van der Waals surface area contributed by atoms with Gasteiger partial charge in [-0.3, -0.25) is 4.55 Å². The Bertz CT molecular complexity index is 594. The number of hydrogen-bond donors (Lipinski definition) is 1. The summed E-state index contributed by atoms with van der Waals surface area (Å²) in [6.07, 6.45) is 11.2. The zero-order valence-corrected chi connectivity index (χ0v) is 15.6. The van der Waals surface area contributed by atoms with Gasteiger partial charge in [-0.25, -0.2) is 8.98 Å². The van der Waals surface area contributed by atoms with Crippen LogP contribution in [0.15, 0.2) is 24.3 Å². The lowest BCUT2D eigenvalue weighted by molar-refractivity contribution is -0.136. The van der Waals surface area contributed by atoms with E-state index < -0.39 is 23.0 Å². The first kappa shape index (κ1) is 21.6. The Balaban J connectivity index is 2.19. The highest BCUT2D eigenvalue weighted by Crippen LogP contribution is 2.15. The van der Waals surface area contributed by atoms with E-state index in [9.17, 15) is 13.2 Å². The quantitative estimate of drug-likeness (QED) is 0.243. The Morgan fingerprint density at radius 3 is 2.08 bits per heavy atom. The standard InChI is InChI=1S/C18H28O6S/c1-2-3-4-5-6-7-8-9-10-16-11-13-17(14-12-16)24-18(19)15-23-25(20,21)22/h11-14H,2-10,15H2,1H3,(H,20,21,22). The molecule has 1 aromatic carbocycles. The van der Waals surface area contributed by atoms with Gasteiger partial charge in [0.05, 0.1) is 0 Å². The predicted molar refractivity (Wildman–Crippen MR) is 95.9 cm³/mol. The SMILES string of the molecule is CCCCCCCCCCc1ccc(OC(=O)COS(=O)(=O)O)cc1. The molecule has 0 heterocycles. The van der Waals surface area contributed by atoms with Crippen molar-refractivity contribution in [3.63, 3.8) is 0 Å². The molecule has 0 amide bonds. The maximum atomic E-state index is 11.4. The second kappa shape index (κ2) is 12.0. The minimum atomic E-state index is -4.64. The summed E-state index contributed by atoms with van der Waals surface area (Å²) in [5.41, 5.74) is 1.17. The lowest BCUT2D eigenvalue weighted by Gasteiger charge is -2.06. The van der Waals surface area contributed by atoms with Crippen molar-refractivity contribution < 1.29 is 26.7 Å². The largest absolute Gasteiger partial charge is 0.425 e. The molecule has 1 rings (SSSR count). The van der Waals surface area contributed by atoms with E-state index in [2.05, 4.69) is 11.1 Å². The maximum Gasteiger partial charge on any atom is 0.397 e. The molecular weight excluding hydrogens is 344 g/mol. The van der Waals surface area contributed by atoms with Gasteiger partial charge in [0, 0.05) is 0 Å². The summed E-state index contributed by atoms with van der Waals surface area (Å²) in [4.78, 5) is 11.4. The first-order valence-electron chi connectivity index (χ1n) is 8.82. The van der Waals surface area contributed by atoms with Crippen LogP contribution in [0.4, 0.5) is 0 Å². The topological polar surface area (TPSA) is 89.9 Å². The number of hydrogen-bond acceptors (Lipinski definition) is 5. The molecule has 0 radical (unpaired) electrons. The lowest BCUT2D eigenvalue weighted by Crippen LogP contribution is -2.18. The summed E-state index contributed by atoms with van der Waals surface area (Å²) < 4.78 is 38.0. The van der Waals surface area contributed by atoms with Crippen LogP contribution < -0.4 is 4.74 Å². The monoisotopic (exact) mass is 372 g/mol. The second-order valence-corrected chi connectivity index (χ2v) is 7.12.